The highest BCUT2D eigenvalue weighted by Crippen LogP contribution is 2.22. The van der Waals surface area contributed by atoms with E-state index in [0.29, 0.717) is 5.56 Å². The quantitative estimate of drug-likeness (QED) is 0.603. The van der Waals surface area contributed by atoms with Crippen molar-refractivity contribution in [3.8, 4) is 0 Å². The van der Waals surface area contributed by atoms with Crippen LogP contribution in [0.25, 0.3) is 0 Å². The minimum atomic E-state index is -3.65. The van der Waals surface area contributed by atoms with Gasteiger partial charge in [0, 0.05) is 12.1 Å². The van der Waals surface area contributed by atoms with Crippen molar-refractivity contribution in [1.82, 2.24) is 4.72 Å². The number of nitro benzene ring substituents is 1. The van der Waals surface area contributed by atoms with Gasteiger partial charge in [-0.1, -0.05) is 12.1 Å². The second-order valence-electron chi connectivity index (χ2n) is 3.26. The summed E-state index contributed by atoms with van der Waals surface area (Å²) in [7, 11) is -3.65. The molecule has 0 amide bonds. The zero-order chi connectivity index (χ0) is 11.8. The molecule has 2 rings (SSSR count). The molecule has 1 fully saturated rings. The molecule has 1 aromatic rings. The summed E-state index contributed by atoms with van der Waals surface area (Å²) in [6.45, 7) is 0.000143. The van der Waals surface area contributed by atoms with Crippen molar-refractivity contribution < 1.29 is 17.5 Å². The molecule has 0 spiro atoms. The van der Waals surface area contributed by atoms with E-state index in [1.54, 1.807) is 0 Å². The first-order valence-corrected chi connectivity index (χ1v) is 5.80. The van der Waals surface area contributed by atoms with E-state index in [4.69, 9.17) is 0 Å². The van der Waals surface area contributed by atoms with E-state index in [-0.39, 0.29) is 12.3 Å². The summed E-state index contributed by atoms with van der Waals surface area (Å²) in [5, 5.41) is 10.4. The van der Waals surface area contributed by atoms with Crippen LogP contribution in [0.15, 0.2) is 24.3 Å². The Morgan fingerprint density at radius 1 is 1.38 bits per heavy atom. The predicted molar refractivity (Wildman–Crippen MR) is 53.8 cm³/mol. The molecule has 8 heteroatoms. The Labute approximate surface area is 91.4 Å². The van der Waals surface area contributed by atoms with Crippen LogP contribution >= 0.6 is 0 Å². The second kappa shape index (κ2) is 3.81. The fraction of sp³-hybridized carbons (Fsp3) is 0.250. The monoisotopic (exact) mass is 244 g/mol. The molecule has 0 aliphatic carbocycles. The van der Waals surface area contributed by atoms with E-state index in [9.17, 15) is 18.5 Å². The van der Waals surface area contributed by atoms with E-state index in [1.807, 2.05) is 0 Å². The molecule has 0 radical (unpaired) electrons. The van der Waals surface area contributed by atoms with Crippen molar-refractivity contribution in [3.63, 3.8) is 0 Å². The Bertz CT molecular complexity index is 510. The van der Waals surface area contributed by atoms with Gasteiger partial charge in [0.2, 0.25) is 0 Å². The summed E-state index contributed by atoms with van der Waals surface area (Å²) in [5.74, 6) is 0. The molecule has 1 atom stereocenters. The maximum atomic E-state index is 10.9. The van der Waals surface area contributed by atoms with E-state index in [2.05, 4.69) is 8.91 Å². The van der Waals surface area contributed by atoms with E-state index in [0.717, 1.165) is 0 Å². The smallest absolute Gasteiger partial charge is 0.258 e. The highest BCUT2D eigenvalue weighted by molar-refractivity contribution is 7.84. The first-order valence-electron chi connectivity index (χ1n) is 4.39. The molecular formula is C8H8N2O5S. The van der Waals surface area contributed by atoms with Crippen LogP contribution in [0.3, 0.4) is 0 Å². The van der Waals surface area contributed by atoms with Crippen LogP contribution in [-0.2, 0) is 14.5 Å². The molecule has 0 bridgehead atoms. The van der Waals surface area contributed by atoms with Gasteiger partial charge >= 0.3 is 10.3 Å². The van der Waals surface area contributed by atoms with Gasteiger partial charge in [0.05, 0.1) is 17.6 Å². The number of nitrogens with one attached hydrogen (secondary N) is 1. The van der Waals surface area contributed by atoms with Crippen LogP contribution in [-0.4, -0.2) is 19.9 Å². The van der Waals surface area contributed by atoms with Gasteiger partial charge in [0.1, 0.15) is 0 Å². The van der Waals surface area contributed by atoms with Crippen LogP contribution < -0.4 is 4.72 Å². The molecule has 1 aromatic carbocycles. The number of nitro groups is 1. The fourth-order valence-electron chi connectivity index (χ4n) is 1.39. The lowest BCUT2D eigenvalue weighted by Gasteiger charge is -2.05. The van der Waals surface area contributed by atoms with Crippen LogP contribution in [0.2, 0.25) is 0 Å². The van der Waals surface area contributed by atoms with Crippen molar-refractivity contribution in [2.45, 2.75) is 6.04 Å². The summed E-state index contributed by atoms with van der Waals surface area (Å²) < 4.78 is 28.7. The highest BCUT2D eigenvalue weighted by atomic mass is 32.2. The topological polar surface area (TPSA) is 98.5 Å². The standard InChI is InChI=1S/C8H8N2O5S/c11-10(12)7-3-1-6(2-4-7)8-5-15-16(13,14)9-8/h1-4,8-9H,5H2/t8-/m1/s1. The Morgan fingerprint density at radius 2 is 2.00 bits per heavy atom. The maximum absolute atomic E-state index is 10.9. The molecule has 1 saturated heterocycles. The Kier molecular flexibility index (Phi) is 2.62. The Balaban J connectivity index is 2.20. The summed E-state index contributed by atoms with van der Waals surface area (Å²) >= 11 is 0. The van der Waals surface area contributed by atoms with E-state index >= 15 is 0 Å². The molecule has 16 heavy (non-hydrogen) atoms. The predicted octanol–water partition coefficient (Wildman–Crippen LogP) is 0.500. The van der Waals surface area contributed by atoms with Crippen LogP contribution in [0.1, 0.15) is 11.6 Å². The zero-order valence-corrected chi connectivity index (χ0v) is 8.81. The molecule has 0 saturated carbocycles. The zero-order valence-electron chi connectivity index (χ0n) is 7.99. The lowest BCUT2D eigenvalue weighted by molar-refractivity contribution is -0.384. The third-order valence-corrected chi connectivity index (χ3v) is 3.20. The highest BCUT2D eigenvalue weighted by Gasteiger charge is 2.29. The van der Waals surface area contributed by atoms with Crippen molar-refractivity contribution in [2.75, 3.05) is 6.61 Å². The number of nitrogens with zero attached hydrogens (tertiary/aromatic N) is 1. The first kappa shape index (κ1) is 11.0. The van der Waals surface area contributed by atoms with Gasteiger partial charge in [-0.15, -0.1) is 0 Å². The van der Waals surface area contributed by atoms with Gasteiger partial charge in [0.25, 0.3) is 5.69 Å². The average Bonchev–Trinajstić information content (AvgIpc) is 2.59. The molecule has 1 aliphatic rings. The van der Waals surface area contributed by atoms with Crippen LogP contribution in [0.4, 0.5) is 5.69 Å². The number of non-ortho nitro benzene ring substituents is 1. The number of benzene rings is 1. The SMILES string of the molecule is O=[N+]([O-])c1ccc([C@H]2COS(=O)(=O)N2)cc1. The molecule has 86 valence electrons. The summed E-state index contributed by atoms with van der Waals surface area (Å²) in [6.07, 6.45) is 0. The van der Waals surface area contributed by atoms with Crippen LogP contribution in [0.5, 0.6) is 0 Å². The fourth-order valence-corrected chi connectivity index (χ4v) is 2.33. The summed E-state index contributed by atoms with van der Waals surface area (Å²) in [4.78, 5) is 9.89. The molecule has 0 aromatic heterocycles. The maximum Gasteiger partial charge on any atom is 0.336 e. The van der Waals surface area contributed by atoms with Gasteiger partial charge in [-0.2, -0.15) is 13.1 Å². The largest absolute Gasteiger partial charge is 0.336 e. The molecule has 1 heterocycles. The molecule has 0 unspecified atom stereocenters. The van der Waals surface area contributed by atoms with Crippen LogP contribution in [0, 0.1) is 10.1 Å². The lowest BCUT2D eigenvalue weighted by atomic mass is 10.1. The number of rotatable bonds is 2. The van der Waals surface area contributed by atoms with Gasteiger partial charge in [0.15, 0.2) is 0 Å². The Hall–Kier alpha value is -1.51. The third-order valence-electron chi connectivity index (χ3n) is 2.18. The van der Waals surface area contributed by atoms with E-state index in [1.165, 1.54) is 24.3 Å². The summed E-state index contributed by atoms with van der Waals surface area (Å²) in [6, 6.07) is 5.16. The van der Waals surface area contributed by atoms with E-state index < -0.39 is 21.3 Å². The normalized spacial score (nSPS) is 23.1. The molecule has 1 aliphatic heterocycles. The van der Waals surface area contributed by atoms with Crippen molar-refractivity contribution in [3.05, 3.63) is 39.9 Å². The van der Waals surface area contributed by atoms with Crippen molar-refractivity contribution in [1.29, 1.82) is 0 Å². The van der Waals surface area contributed by atoms with Crippen molar-refractivity contribution >= 4 is 16.0 Å². The molecule has 7 nitrogen and oxygen atoms in total. The minimum absolute atomic E-state index is 0.000143. The van der Waals surface area contributed by atoms with Gasteiger partial charge in [-0.25, -0.2) is 0 Å². The first-order chi connectivity index (χ1) is 7.48. The van der Waals surface area contributed by atoms with Crippen molar-refractivity contribution in [2.24, 2.45) is 0 Å². The molecular weight excluding hydrogens is 236 g/mol. The minimum Gasteiger partial charge on any atom is -0.258 e. The van der Waals surface area contributed by atoms with Gasteiger partial charge in [-0.3, -0.25) is 14.3 Å². The average molecular weight is 244 g/mol. The lowest BCUT2D eigenvalue weighted by Crippen LogP contribution is -2.19. The number of hydrogen-bond donors (Lipinski definition) is 1. The van der Waals surface area contributed by atoms with Gasteiger partial charge in [-0.05, 0) is 5.56 Å². The van der Waals surface area contributed by atoms with Gasteiger partial charge < -0.3 is 0 Å². The second-order valence-corrected chi connectivity index (χ2v) is 4.64. The number of hydrogen-bond acceptors (Lipinski definition) is 5. The third kappa shape index (κ3) is 2.18. The Morgan fingerprint density at radius 3 is 2.44 bits per heavy atom. The molecule has 1 N–H and O–H groups in total. The summed E-state index contributed by atoms with van der Waals surface area (Å²) in [5.41, 5.74) is 0.595.